The van der Waals surface area contributed by atoms with E-state index in [1.54, 1.807) is 0 Å². The minimum absolute atomic E-state index is 0.206. The Morgan fingerprint density at radius 3 is 2.76 bits per heavy atom. The third kappa shape index (κ3) is 5.21. The number of carbonyl (C=O) groups is 1. The highest BCUT2D eigenvalue weighted by Gasteiger charge is 2.31. The molecule has 1 rings (SSSR count). The van der Waals surface area contributed by atoms with Crippen molar-refractivity contribution < 1.29 is 9.22 Å². The second kappa shape index (κ2) is 8.70. The van der Waals surface area contributed by atoms with Crippen LogP contribution in [0.4, 0.5) is 0 Å². The number of hydrogen-bond donors (Lipinski definition) is 1. The largest absolute Gasteiger partial charge is 0.419 e. The maximum Gasteiger partial charge on any atom is 0.222 e. The molecule has 0 aromatic carbocycles. The average molecular weight is 257 g/mol. The predicted molar refractivity (Wildman–Crippen MR) is 73.7 cm³/mol. The van der Waals surface area contributed by atoms with Crippen LogP contribution in [-0.4, -0.2) is 28.1 Å². The molecule has 1 saturated heterocycles. The summed E-state index contributed by atoms with van der Waals surface area (Å²) >= 11 is 0. The van der Waals surface area contributed by atoms with Crippen LogP contribution in [-0.2, 0) is 9.22 Å². The van der Waals surface area contributed by atoms with E-state index in [9.17, 15) is 4.79 Å². The Morgan fingerprint density at radius 2 is 2.18 bits per heavy atom. The zero-order chi connectivity index (χ0) is 12.5. The standard InChI is InChI=1S/C13H27NO2Si/c1-3-5-9-14-13(15)12(8-4-2)17-11-7-6-10-16-17/h12,17H,3-11H2,1-2H3,(H,14,15). The molecule has 1 fully saturated rings. The molecule has 0 aromatic heterocycles. The molecule has 2 atom stereocenters. The molecule has 0 aromatic rings. The van der Waals surface area contributed by atoms with Crippen LogP contribution in [0.15, 0.2) is 0 Å². The number of carbonyl (C=O) groups excluding carboxylic acids is 1. The highest BCUT2D eigenvalue weighted by molar-refractivity contribution is 6.58. The number of amides is 1. The summed E-state index contributed by atoms with van der Waals surface area (Å²) in [6.07, 6.45) is 6.75. The average Bonchev–Trinajstić information content (AvgIpc) is 2.37. The lowest BCUT2D eigenvalue weighted by atomic mass is 10.2. The van der Waals surface area contributed by atoms with Crippen molar-refractivity contribution in [1.29, 1.82) is 0 Å². The molecule has 0 bridgehead atoms. The van der Waals surface area contributed by atoms with Gasteiger partial charge in [0.25, 0.3) is 0 Å². The van der Waals surface area contributed by atoms with Gasteiger partial charge in [0.2, 0.25) is 5.91 Å². The zero-order valence-corrected chi connectivity index (χ0v) is 12.5. The van der Waals surface area contributed by atoms with Crippen LogP contribution in [0.5, 0.6) is 0 Å². The summed E-state index contributed by atoms with van der Waals surface area (Å²) < 4.78 is 5.90. The summed E-state index contributed by atoms with van der Waals surface area (Å²) in [7, 11) is -1.28. The van der Waals surface area contributed by atoms with Gasteiger partial charge in [0.1, 0.15) is 0 Å². The van der Waals surface area contributed by atoms with Gasteiger partial charge >= 0.3 is 0 Å². The van der Waals surface area contributed by atoms with E-state index < -0.39 is 9.04 Å². The Labute approximate surface area is 107 Å². The fourth-order valence-electron chi connectivity index (χ4n) is 2.40. The van der Waals surface area contributed by atoms with Crippen LogP contribution in [0.25, 0.3) is 0 Å². The fraction of sp³-hybridized carbons (Fsp3) is 0.923. The van der Waals surface area contributed by atoms with Gasteiger partial charge in [-0.05, 0) is 25.3 Å². The van der Waals surface area contributed by atoms with Gasteiger partial charge in [0, 0.05) is 13.2 Å². The molecule has 100 valence electrons. The van der Waals surface area contributed by atoms with Gasteiger partial charge in [-0.25, -0.2) is 0 Å². The highest BCUT2D eigenvalue weighted by atomic mass is 28.3. The molecule has 0 spiro atoms. The van der Waals surface area contributed by atoms with Gasteiger partial charge in [0.05, 0.1) is 5.54 Å². The van der Waals surface area contributed by atoms with Crippen molar-refractivity contribution in [2.24, 2.45) is 0 Å². The quantitative estimate of drug-likeness (QED) is 0.562. The van der Waals surface area contributed by atoms with Crippen molar-refractivity contribution in [3.8, 4) is 0 Å². The highest BCUT2D eigenvalue weighted by Crippen LogP contribution is 2.26. The summed E-state index contributed by atoms with van der Waals surface area (Å²) in [5.74, 6) is 0.263. The van der Waals surface area contributed by atoms with E-state index in [1.807, 2.05) is 0 Å². The van der Waals surface area contributed by atoms with E-state index in [-0.39, 0.29) is 11.4 Å². The van der Waals surface area contributed by atoms with E-state index >= 15 is 0 Å². The third-order valence-corrected chi connectivity index (χ3v) is 6.60. The van der Waals surface area contributed by atoms with Crippen LogP contribution >= 0.6 is 0 Å². The molecule has 4 heteroatoms. The SMILES string of the molecule is CCCCNC(=O)C(CCC)[SiH]1CCCCO1. The number of hydrogen-bond acceptors (Lipinski definition) is 2. The van der Waals surface area contributed by atoms with Crippen molar-refractivity contribution >= 4 is 14.9 Å². The van der Waals surface area contributed by atoms with Crippen LogP contribution in [0.2, 0.25) is 11.6 Å². The molecule has 17 heavy (non-hydrogen) atoms. The first-order valence-corrected chi connectivity index (χ1v) is 9.14. The molecule has 0 radical (unpaired) electrons. The second-order valence-corrected chi connectivity index (χ2v) is 7.74. The van der Waals surface area contributed by atoms with Crippen LogP contribution in [0, 0.1) is 0 Å². The van der Waals surface area contributed by atoms with Gasteiger partial charge < -0.3 is 9.74 Å². The molecule has 1 heterocycles. The smallest absolute Gasteiger partial charge is 0.222 e. The first-order chi connectivity index (χ1) is 8.29. The number of unbranched alkanes of at least 4 members (excludes halogenated alkanes) is 1. The molecule has 1 N–H and O–H groups in total. The summed E-state index contributed by atoms with van der Waals surface area (Å²) in [5.41, 5.74) is 0.206. The molecule has 0 saturated carbocycles. The molecular weight excluding hydrogens is 230 g/mol. The molecule has 2 unspecified atom stereocenters. The Balaban J connectivity index is 2.42. The third-order valence-electron chi connectivity index (χ3n) is 3.43. The molecule has 1 aliphatic rings. The lowest BCUT2D eigenvalue weighted by Gasteiger charge is -2.28. The van der Waals surface area contributed by atoms with E-state index in [4.69, 9.17) is 4.43 Å². The summed E-state index contributed by atoms with van der Waals surface area (Å²) in [5, 5.41) is 3.08. The van der Waals surface area contributed by atoms with Crippen molar-refractivity contribution in [3.63, 3.8) is 0 Å². The topological polar surface area (TPSA) is 38.3 Å². The van der Waals surface area contributed by atoms with E-state index in [0.717, 1.165) is 38.8 Å². The van der Waals surface area contributed by atoms with Crippen LogP contribution in [0.1, 0.15) is 52.4 Å². The monoisotopic (exact) mass is 257 g/mol. The van der Waals surface area contributed by atoms with Crippen molar-refractivity contribution in [1.82, 2.24) is 5.32 Å². The van der Waals surface area contributed by atoms with E-state index in [0.29, 0.717) is 0 Å². The second-order valence-electron chi connectivity index (χ2n) is 4.94. The Morgan fingerprint density at radius 1 is 1.35 bits per heavy atom. The van der Waals surface area contributed by atoms with Gasteiger partial charge in [-0.2, -0.15) is 0 Å². The Hall–Kier alpha value is -0.353. The normalized spacial score (nSPS) is 22.1. The lowest BCUT2D eigenvalue weighted by molar-refractivity contribution is -0.121. The molecule has 1 aliphatic heterocycles. The summed E-state index contributed by atoms with van der Waals surface area (Å²) in [6.45, 7) is 6.02. The van der Waals surface area contributed by atoms with Crippen LogP contribution < -0.4 is 5.32 Å². The Bertz CT molecular complexity index is 217. The first-order valence-electron chi connectivity index (χ1n) is 7.18. The zero-order valence-electron chi connectivity index (χ0n) is 11.3. The first kappa shape index (κ1) is 14.7. The van der Waals surface area contributed by atoms with Crippen molar-refractivity contribution in [2.75, 3.05) is 13.2 Å². The van der Waals surface area contributed by atoms with Gasteiger partial charge in [-0.3, -0.25) is 4.79 Å². The van der Waals surface area contributed by atoms with Gasteiger partial charge in [0.15, 0.2) is 9.04 Å². The van der Waals surface area contributed by atoms with Gasteiger partial charge in [-0.15, -0.1) is 0 Å². The maximum absolute atomic E-state index is 12.2. The molecule has 3 nitrogen and oxygen atoms in total. The summed E-state index contributed by atoms with van der Waals surface area (Å²) in [6, 6.07) is 1.19. The minimum atomic E-state index is -1.28. The summed E-state index contributed by atoms with van der Waals surface area (Å²) in [4.78, 5) is 12.2. The van der Waals surface area contributed by atoms with E-state index in [2.05, 4.69) is 19.2 Å². The van der Waals surface area contributed by atoms with Crippen molar-refractivity contribution in [2.45, 2.75) is 64.0 Å². The lowest BCUT2D eigenvalue weighted by Crippen LogP contribution is -2.39. The molecule has 1 amide bonds. The maximum atomic E-state index is 12.2. The Kier molecular flexibility index (Phi) is 7.52. The number of nitrogens with one attached hydrogen (secondary N) is 1. The van der Waals surface area contributed by atoms with Crippen LogP contribution in [0.3, 0.4) is 0 Å². The molecular formula is C13H27NO2Si. The minimum Gasteiger partial charge on any atom is -0.419 e. The predicted octanol–water partition coefficient (Wildman–Crippen LogP) is 2.61. The molecule has 0 aliphatic carbocycles. The fourth-order valence-corrected chi connectivity index (χ4v) is 5.52. The van der Waals surface area contributed by atoms with Crippen molar-refractivity contribution in [3.05, 3.63) is 0 Å². The van der Waals surface area contributed by atoms with Gasteiger partial charge in [-0.1, -0.05) is 33.1 Å². The van der Waals surface area contributed by atoms with E-state index in [1.165, 1.54) is 18.9 Å². The number of rotatable bonds is 7.